The number of nitrogens with two attached hydrogens (primary N) is 1. The van der Waals surface area contributed by atoms with Gasteiger partial charge in [0.05, 0.1) is 12.1 Å². The molecular formula is C16H20N4O2S. The van der Waals surface area contributed by atoms with Crippen molar-refractivity contribution in [2.45, 2.75) is 26.7 Å². The molecule has 0 spiro atoms. The number of anilines is 2. The van der Waals surface area contributed by atoms with Gasteiger partial charge in [0, 0.05) is 23.5 Å². The van der Waals surface area contributed by atoms with E-state index >= 15 is 0 Å². The van der Waals surface area contributed by atoms with E-state index in [1.54, 1.807) is 0 Å². The number of carbonyl (C=O) groups excluding carboxylic acids is 2. The number of nitrogens with one attached hydrogen (secondary N) is 2. The minimum absolute atomic E-state index is 0.130. The Kier molecular flexibility index (Phi) is 5.70. The summed E-state index contributed by atoms with van der Waals surface area (Å²) in [7, 11) is 0. The van der Waals surface area contributed by atoms with Gasteiger partial charge in [-0.3, -0.25) is 9.59 Å². The molecule has 0 aliphatic rings. The van der Waals surface area contributed by atoms with Gasteiger partial charge in [-0.2, -0.15) is 0 Å². The van der Waals surface area contributed by atoms with Gasteiger partial charge in [-0.05, 0) is 31.5 Å². The van der Waals surface area contributed by atoms with Crippen LogP contribution in [0, 0.1) is 13.8 Å². The fourth-order valence-corrected chi connectivity index (χ4v) is 2.92. The third-order valence-electron chi connectivity index (χ3n) is 3.21. The van der Waals surface area contributed by atoms with Crippen LogP contribution in [-0.4, -0.2) is 23.3 Å². The van der Waals surface area contributed by atoms with Gasteiger partial charge in [-0.15, -0.1) is 11.3 Å². The molecule has 0 radical (unpaired) electrons. The second-order valence-corrected chi connectivity index (χ2v) is 6.37. The first kappa shape index (κ1) is 17.0. The molecule has 0 unspecified atom stereocenters. The van der Waals surface area contributed by atoms with E-state index in [2.05, 4.69) is 15.6 Å². The summed E-state index contributed by atoms with van der Waals surface area (Å²) in [6, 6.07) is 7.58. The van der Waals surface area contributed by atoms with Crippen molar-refractivity contribution in [1.29, 1.82) is 0 Å². The van der Waals surface area contributed by atoms with Crippen molar-refractivity contribution in [2.75, 3.05) is 17.6 Å². The van der Waals surface area contributed by atoms with Crippen LogP contribution in [0.4, 0.5) is 10.8 Å². The molecule has 0 bridgehead atoms. The fourth-order valence-electron chi connectivity index (χ4n) is 2.08. The fraction of sp³-hybridized carbons (Fsp3) is 0.312. The van der Waals surface area contributed by atoms with Crippen LogP contribution in [0.2, 0.25) is 0 Å². The van der Waals surface area contributed by atoms with Crippen LogP contribution in [0.5, 0.6) is 0 Å². The van der Waals surface area contributed by atoms with Crippen molar-refractivity contribution in [3.63, 3.8) is 0 Å². The van der Waals surface area contributed by atoms with E-state index in [0.29, 0.717) is 11.7 Å². The Balaban J connectivity index is 1.73. The first-order valence-electron chi connectivity index (χ1n) is 7.29. The minimum Gasteiger partial charge on any atom is -0.375 e. The van der Waals surface area contributed by atoms with Gasteiger partial charge < -0.3 is 16.4 Å². The molecule has 1 aromatic carbocycles. The standard InChI is InChI=1S/C16H20N4O2S/c1-10-4-3-5-12(8-10)20-14(21)6-7-18-15(22)9-13-11(2)19-16(17)23-13/h3-5,8H,6-7,9H2,1-2H3,(H2,17,19)(H,18,22)(H,20,21). The van der Waals surface area contributed by atoms with Crippen LogP contribution < -0.4 is 16.4 Å². The lowest BCUT2D eigenvalue weighted by atomic mass is 10.2. The Hall–Kier alpha value is -2.41. The summed E-state index contributed by atoms with van der Waals surface area (Å²) in [6.07, 6.45) is 0.462. The van der Waals surface area contributed by atoms with Crippen molar-refractivity contribution in [3.05, 3.63) is 40.4 Å². The third kappa shape index (κ3) is 5.37. The van der Waals surface area contributed by atoms with Gasteiger partial charge in [-0.1, -0.05) is 12.1 Å². The summed E-state index contributed by atoms with van der Waals surface area (Å²) in [6.45, 7) is 4.08. The predicted molar refractivity (Wildman–Crippen MR) is 92.4 cm³/mol. The molecule has 1 heterocycles. The zero-order valence-electron chi connectivity index (χ0n) is 13.2. The van der Waals surface area contributed by atoms with Crippen LogP contribution in [0.25, 0.3) is 0 Å². The minimum atomic E-state index is -0.139. The van der Waals surface area contributed by atoms with E-state index in [4.69, 9.17) is 5.73 Å². The highest BCUT2D eigenvalue weighted by Gasteiger charge is 2.11. The number of carbonyl (C=O) groups is 2. The number of nitrogen functional groups attached to an aromatic ring is 1. The number of hydrogen-bond donors (Lipinski definition) is 3. The second kappa shape index (κ2) is 7.73. The molecule has 4 N–H and O–H groups in total. The molecular weight excluding hydrogens is 312 g/mol. The molecule has 6 nitrogen and oxygen atoms in total. The highest BCUT2D eigenvalue weighted by molar-refractivity contribution is 7.15. The number of nitrogens with zero attached hydrogens (tertiary/aromatic N) is 1. The summed E-state index contributed by atoms with van der Waals surface area (Å²) < 4.78 is 0. The van der Waals surface area contributed by atoms with Gasteiger partial charge in [-0.25, -0.2) is 4.98 Å². The summed E-state index contributed by atoms with van der Waals surface area (Å²) in [4.78, 5) is 28.6. The van der Waals surface area contributed by atoms with Gasteiger partial charge >= 0.3 is 0 Å². The lowest BCUT2D eigenvalue weighted by molar-refractivity contribution is -0.120. The van der Waals surface area contributed by atoms with Crippen LogP contribution >= 0.6 is 11.3 Å². The van der Waals surface area contributed by atoms with Gasteiger partial charge in [0.15, 0.2) is 5.13 Å². The first-order chi connectivity index (χ1) is 10.9. The predicted octanol–water partition coefficient (Wildman–Crippen LogP) is 2.03. The normalized spacial score (nSPS) is 10.3. The Morgan fingerprint density at radius 1 is 1.26 bits per heavy atom. The van der Waals surface area contributed by atoms with Crippen molar-refractivity contribution < 1.29 is 9.59 Å². The molecule has 0 atom stereocenters. The van der Waals surface area contributed by atoms with E-state index < -0.39 is 0 Å². The zero-order chi connectivity index (χ0) is 16.8. The van der Waals surface area contributed by atoms with Crippen LogP contribution in [0.1, 0.15) is 22.6 Å². The van der Waals surface area contributed by atoms with Gasteiger partial charge in [0.1, 0.15) is 0 Å². The van der Waals surface area contributed by atoms with Crippen molar-refractivity contribution in [2.24, 2.45) is 0 Å². The monoisotopic (exact) mass is 332 g/mol. The molecule has 0 aliphatic carbocycles. The second-order valence-electron chi connectivity index (χ2n) is 5.26. The molecule has 0 fully saturated rings. The molecule has 2 rings (SSSR count). The number of hydrogen-bond acceptors (Lipinski definition) is 5. The highest BCUT2D eigenvalue weighted by atomic mass is 32.1. The summed E-state index contributed by atoms with van der Waals surface area (Å²) in [5.41, 5.74) is 8.22. The lowest BCUT2D eigenvalue weighted by Crippen LogP contribution is -2.28. The Labute approximate surface area is 139 Å². The Bertz CT molecular complexity index is 712. The molecule has 23 heavy (non-hydrogen) atoms. The Morgan fingerprint density at radius 2 is 2.04 bits per heavy atom. The SMILES string of the molecule is Cc1cccc(NC(=O)CCNC(=O)Cc2sc(N)nc2C)c1. The van der Waals surface area contributed by atoms with Crippen molar-refractivity contribution in [1.82, 2.24) is 10.3 Å². The van der Waals surface area contributed by atoms with E-state index in [1.807, 2.05) is 38.1 Å². The molecule has 1 aromatic heterocycles. The number of thiazole rings is 1. The maximum Gasteiger partial charge on any atom is 0.226 e. The number of amides is 2. The topological polar surface area (TPSA) is 97.1 Å². The van der Waals surface area contributed by atoms with E-state index in [0.717, 1.165) is 21.8 Å². The molecule has 0 saturated carbocycles. The van der Waals surface area contributed by atoms with E-state index in [9.17, 15) is 9.59 Å². The lowest BCUT2D eigenvalue weighted by Gasteiger charge is -2.07. The van der Waals surface area contributed by atoms with Crippen molar-refractivity contribution in [3.8, 4) is 0 Å². The summed E-state index contributed by atoms with van der Waals surface area (Å²) >= 11 is 1.31. The average molecular weight is 332 g/mol. The quantitative estimate of drug-likeness (QED) is 0.754. The zero-order valence-corrected chi connectivity index (χ0v) is 14.0. The number of aromatic nitrogens is 1. The van der Waals surface area contributed by atoms with Gasteiger partial charge in [0.25, 0.3) is 0 Å². The van der Waals surface area contributed by atoms with Crippen LogP contribution in [-0.2, 0) is 16.0 Å². The average Bonchev–Trinajstić information content (AvgIpc) is 2.76. The first-order valence-corrected chi connectivity index (χ1v) is 8.10. The Morgan fingerprint density at radius 3 is 2.70 bits per heavy atom. The number of aryl methyl sites for hydroxylation is 2. The number of rotatable bonds is 6. The summed E-state index contributed by atoms with van der Waals surface area (Å²) in [5, 5.41) is 6.00. The molecule has 2 aromatic rings. The maximum absolute atomic E-state index is 11.9. The molecule has 0 aliphatic heterocycles. The largest absolute Gasteiger partial charge is 0.375 e. The van der Waals surface area contributed by atoms with Crippen LogP contribution in [0.3, 0.4) is 0 Å². The van der Waals surface area contributed by atoms with Crippen molar-refractivity contribution >= 4 is 34.0 Å². The smallest absolute Gasteiger partial charge is 0.226 e. The van der Waals surface area contributed by atoms with Gasteiger partial charge in [0.2, 0.25) is 11.8 Å². The van der Waals surface area contributed by atoms with E-state index in [-0.39, 0.29) is 24.7 Å². The third-order valence-corrected chi connectivity index (χ3v) is 4.19. The maximum atomic E-state index is 11.9. The number of benzene rings is 1. The molecule has 7 heteroatoms. The molecule has 122 valence electrons. The molecule has 2 amide bonds. The van der Waals surface area contributed by atoms with E-state index in [1.165, 1.54) is 11.3 Å². The summed E-state index contributed by atoms with van der Waals surface area (Å²) in [5.74, 6) is -0.269. The molecule has 0 saturated heterocycles. The van der Waals surface area contributed by atoms with Crippen LogP contribution in [0.15, 0.2) is 24.3 Å². The highest BCUT2D eigenvalue weighted by Crippen LogP contribution is 2.19.